The summed E-state index contributed by atoms with van der Waals surface area (Å²) < 4.78 is 2.11. The van der Waals surface area contributed by atoms with Crippen LogP contribution >= 0.6 is 0 Å². The van der Waals surface area contributed by atoms with E-state index in [0.717, 1.165) is 6.42 Å². The second-order valence-electron chi connectivity index (χ2n) is 3.40. The summed E-state index contributed by atoms with van der Waals surface area (Å²) in [7, 11) is 2.06. The molecule has 11 heavy (non-hydrogen) atoms. The van der Waals surface area contributed by atoms with Gasteiger partial charge in [-0.15, -0.1) is 0 Å². The Bertz CT molecular complexity index is 263. The molecule has 2 heteroatoms. The molecule has 1 aromatic heterocycles. The van der Waals surface area contributed by atoms with Gasteiger partial charge in [-0.3, -0.25) is 0 Å². The van der Waals surface area contributed by atoms with E-state index >= 15 is 0 Å². The van der Waals surface area contributed by atoms with Crippen molar-refractivity contribution in [2.45, 2.75) is 25.3 Å². The Hall–Kier alpha value is -0.760. The lowest BCUT2D eigenvalue weighted by atomic mass is 9.92. The van der Waals surface area contributed by atoms with Crippen LogP contribution in [0.1, 0.15) is 30.0 Å². The number of nitrogens with two attached hydrogens (primary N) is 1. The summed E-state index contributed by atoms with van der Waals surface area (Å²) in [5.74, 6) is 0. The quantitative estimate of drug-likeness (QED) is 0.595. The summed E-state index contributed by atoms with van der Waals surface area (Å²) in [6, 6.07) is 0.292. The van der Waals surface area contributed by atoms with Crippen LogP contribution in [-0.2, 0) is 13.5 Å². The van der Waals surface area contributed by atoms with Gasteiger partial charge in [0, 0.05) is 25.5 Å². The highest BCUT2D eigenvalue weighted by Gasteiger charge is 2.17. The average molecular weight is 150 g/mol. The first kappa shape index (κ1) is 6.92. The molecule has 1 atom stereocenters. The molecule has 60 valence electrons. The van der Waals surface area contributed by atoms with Crippen molar-refractivity contribution in [1.82, 2.24) is 4.57 Å². The normalized spacial score (nSPS) is 23.3. The summed E-state index contributed by atoms with van der Waals surface area (Å²) >= 11 is 0. The van der Waals surface area contributed by atoms with E-state index in [9.17, 15) is 0 Å². The summed E-state index contributed by atoms with van der Waals surface area (Å²) in [5.41, 5.74) is 8.76. The number of hydrogen-bond acceptors (Lipinski definition) is 1. The number of aryl methyl sites for hydroxylation is 2. The SMILES string of the molecule is Cn1cc2c(c1)C(N)CCC2. The van der Waals surface area contributed by atoms with Crippen LogP contribution in [-0.4, -0.2) is 4.57 Å². The predicted molar refractivity (Wildman–Crippen MR) is 45.3 cm³/mol. The van der Waals surface area contributed by atoms with Crippen molar-refractivity contribution in [2.75, 3.05) is 0 Å². The third kappa shape index (κ3) is 1.07. The fourth-order valence-corrected chi connectivity index (χ4v) is 1.87. The zero-order valence-electron chi connectivity index (χ0n) is 6.88. The molecule has 0 bridgehead atoms. The molecule has 0 saturated carbocycles. The van der Waals surface area contributed by atoms with Crippen LogP contribution in [0, 0.1) is 0 Å². The highest BCUT2D eigenvalue weighted by molar-refractivity contribution is 5.29. The van der Waals surface area contributed by atoms with Gasteiger partial charge in [-0.1, -0.05) is 0 Å². The van der Waals surface area contributed by atoms with E-state index in [4.69, 9.17) is 5.73 Å². The third-order valence-corrected chi connectivity index (χ3v) is 2.43. The zero-order chi connectivity index (χ0) is 7.84. The second-order valence-corrected chi connectivity index (χ2v) is 3.40. The van der Waals surface area contributed by atoms with Gasteiger partial charge in [-0.2, -0.15) is 0 Å². The molecule has 1 aliphatic rings. The van der Waals surface area contributed by atoms with E-state index < -0.39 is 0 Å². The van der Waals surface area contributed by atoms with Crippen molar-refractivity contribution >= 4 is 0 Å². The maximum Gasteiger partial charge on any atom is 0.0312 e. The van der Waals surface area contributed by atoms with Gasteiger partial charge >= 0.3 is 0 Å². The van der Waals surface area contributed by atoms with E-state index in [1.54, 1.807) is 0 Å². The molecule has 0 amide bonds. The van der Waals surface area contributed by atoms with Crippen LogP contribution in [0.25, 0.3) is 0 Å². The molecule has 1 aromatic rings. The monoisotopic (exact) mass is 150 g/mol. The maximum absolute atomic E-state index is 5.95. The van der Waals surface area contributed by atoms with Crippen molar-refractivity contribution in [3.63, 3.8) is 0 Å². The lowest BCUT2D eigenvalue weighted by Gasteiger charge is -2.17. The zero-order valence-corrected chi connectivity index (χ0v) is 6.88. The van der Waals surface area contributed by atoms with Crippen LogP contribution in [0.2, 0.25) is 0 Å². The van der Waals surface area contributed by atoms with Crippen LogP contribution in [0.3, 0.4) is 0 Å². The van der Waals surface area contributed by atoms with Gasteiger partial charge in [-0.25, -0.2) is 0 Å². The molecule has 0 spiro atoms. The molecule has 1 aliphatic carbocycles. The van der Waals surface area contributed by atoms with Gasteiger partial charge in [0.25, 0.3) is 0 Å². The molecule has 1 unspecified atom stereocenters. The number of fused-ring (bicyclic) bond motifs is 1. The van der Waals surface area contributed by atoms with Gasteiger partial charge in [0.1, 0.15) is 0 Å². The molecular formula is C9H14N2. The molecule has 1 heterocycles. The molecule has 0 saturated heterocycles. The second kappa shape index (κ2) is 2.38. The molecule has 0 radical (unpaired) electrons. The van der Waals surface area contributed by atoms with Crippen molar-refractivity contribution in [3.05, 3.63) is 23.5 Å². The smallest absolute Gasteiger partial charge is 0.0312 e. The first-order chi connectivity index (χ1) is 5.27. The summed E-state index contributed by atoms with van der Waals surface area (Å²) in [6.45, 7) is 0. The van der Waals surface area contributed by atoms with Crippen molar-refractivity contribution < 1.29 is 0 Å². The topological polar surface area (TPSA) is 30.9 Å². The van der Waals surface area contributed by atoms with Crippen molar-refractivity contribution in [2.24, 2.45) is 12.8 Å². The fourth-order valence-electron chi connectivity index (χ4n) is 1.87. The van der Waals surface area contributed by atoms with Crippen LogP contribution in [0.5, 0.6) is 0 Å². The van der Waals surface area contributed by atoms with Gasteiger partial charge in [-0.05, 0) is 30.4 Å². The third-order valence-electron chi connectivity index (χ3n) is 2.43. The minimum absolute atomic E-state index is 0.292. The van der Waals surface area contributed by atoms with Crippen molar-refractivity contribution in [1.29, 1.82) is 0 Å². The standard InChI is InChI=1S/C9H14N2/c1-11-5-7-3-2-4-9(10)8(7)6-11/h5-6,9H,2-4,10H2,1H3. The Labute approximate surface area is 67.0 Å². The first-order valence-electron chi connectivity index (χ1n) is 4.17. The molecule has 0 fully saturated rings. The van der Waals surface area contributed by atoms with Gasteiger partial charge < -0.3 is 10.3 Å². The van der Waals surface area contributed by atoms with E-state index in [-0.39, 0.29) is 0 Å². The summed E-state index contributed by atoms with van der Waals surface area (Å²) in [6.07, 6.45) is 7.95. The molecule has 2 nitrogen and oxygen atoms in total. The largest absolute Gasteiger partial charge is 0.357 e. The van der Waals surface area contributed by atoms with Crippen molar-refractivity contribution in [3.8, 4) is 0 Å². The number of rotatable bonds is 0. The first-order valence-corrected chi connectivity index (χ1v) is 4.17. The number of hydrogen-bond donors (Lipinski definition) is 1. The Balaban J connectivity index is 2.43. The molecule has 0 aromatic carbocycles. The van der Waals surface area contributed by atoms with E-state index in [2.05, 4.69) is 24.0 Å². The fraction of sp³-hybridized carbons (Fsp3) is 0.556. The summed E-state index contributed by atoms with van der Waals surface area (Å²) in [4.78, 5) is 0. The Morgan fingerprint density at radius 3 is 3.09 bits per heavy atom. The molecule has 2 N–H and O–H groups in total. The molecule has 0 aliphatic heterocycles. The van der Waals surface area contributed by atoms with Crippen LogP contribution in [0.4, 0.5) is 0 Å². The highest BCUT2D eigenvalue weighted by atomic mass is 14.9. The van der Waals surface area contributed by atoms with E-state index in [1.165, 1.54) is 24.0 Å². The number of nitrogens with zero attached hydrogens (tertiary/aromatic N) is 1. The van der Waals surface area contributed by atoms with E-state index in [1.807, 2.05) is 0 Å². The minimum Gasteiger partial charge on any atom is -0.357 e. The maximum atomic E-state index is 5.95. The lowest BCUT2D eigenvalue weighted by molar-refractivity contribution is 0.573. The van der Waals surface area contributed by atoms with Crippen LogP contribution in [0.15, 0.2) is 12.4 Å². The predicted octanol–water partition coefficient (Wildman–Crippen LogP) is 1.36. The number of aromatic nitrogens is 1. The molecule has 2 rings (SSSR count). The minimum atomic E-state index is 0.292. The average Bonchev–Trinajstić information content (AvgIpc) is 2.31. The van der Waals surface area contributed by atoms with E-state index in [0.29, 0.717) is 6.04 Å². The lowest BCUT2D eigenvalue weighted by Crippen LogP contribution is -2.15. The van der Waals surface area contributed by atoms with Gasteiger partial charge in [0.05, 0.1) is 0 Å². The highest BCUT2D eigenvalue weighted by Crippen LogP contribution is 2.27. The van der Waals surface area contributed by atoms with Gasteiger partial charge in [0.15, 0.2) is 0 Å². The molecular weight excluding hydrogens is 136 g/mol. The van der Waals surface area contributed by atoms with Crippen LogP contribution < -0.4 is 5.73 Å². The Kier molecular flexibility index (Phi) is 1.50. The Morgan fingerprint density at radius 1 is 1.55 bits per heavy atom. The summed E-state index contributed by atoms with van der Waals surface area (Å²) in [5, 5.41) is 0. The van der Waals surface area contributed by atoms with Gasteiger partial charge in [0.2, 0.25) is 0 Å². The Morgan fingerprint density at radius 2 is 2.36 bits per heavy atom.